The maximum Gasteiger partial charge on any atom is 0.309 e. The molecule has 2 amide bonds. The van der Waals surface area contributed by atoms with E-state index in [0.717, 1.165) is 5.76 Å². The second-order valence-corrected chi connectivity index (χ2v) is 6.58. The minimum absolute atomic E-state index is 0.198. The number of nitrogens with zero attached hydrogens (tertiary/aromatic N) is 2. The highest BCUT2D eigenvalue weighted by Gasteiger charge is 2.28. The van der Waals surface area contributed by atoms with Gasteiger partial charge in [0.15, 0.2) is 0 Å². The second kappa shape index (κ2) is 9.36. The Kier molecular flexibility index (Phi) is 6.65. The molecule has 1 aliphatic rings. The van der Waals surface area contributed by atoms with Crippen LogP contribution in [0.5, 0.6) is 0 Å². The average Bonchev–Trinajstić information content (AvgIpc) is 3.23. The zero-order valence-corrected chi connectivity index (χ0v) is 15.9. The van der Waals surface area contributed by atoms with Crippen LogP contribution in [-0.2, 0) is 9.59 Å². The van der Waals surface area contributed by atoms with E-state index in [1.807, 2.05) is 17.0 Å². The summed E-state index contributed by atoms with van der Waals surface area (Å²) in [6.07, 6.45) is 1.59. The zero-order chi connectivity index (χ0) is 19.9. The Morgan fingerprint density at radius 1 is 1.07 bits per heavy atom. The number of benzene rings is 1. The highest BCUT2D eigenvalue weighted by atomic mass is 19.1. The number of halogens is 1. The number of nitrogens with one attached hydrogen (secondary N) is 2. The number of piperazine rings is 1. The minimum Gasteiger partial charge on any atom is -0.468 e. The van der Waals surface area contributed by atoms with E-state index < -0.39 is 11.8 Å². The van der Waals surface area contributed by atoms with Crippen molar-refractivity contribution in [2.75, 3.05) is 44.2 Å². The van der Waals surface area contributed by atoms with E-state index in [9.17, 15) is 14.0 Å². The van der Waals surface area contributed by atoms with Gasteiger partial charge in [-0.25, -0.2) is 4.39 Å². The van der Waals surface area contributed by atoms with Gasteiger partial charge in [-0.05, 0) is 31.2 Å². The fraction of sp³-hybridized carbons (Fsp3) is 0.400. The van der Waals surface area contributed by atoms with Crippen LogP contribution in [0.25, 0.3) is 0 Å². The summed E-state index contributed by atoms with van der Waals surface area (Å²) in [5, 5.41) is 5.16. The number of hydrogen-bond acceptors (Lipinski definition) is 5. The number of carbonyl (C=O) groups is 2. The first-order valence-electron chi connectivity index (χ1n) is 9.43. The van der Waals surface area contributed by atoms with Gasteiger partial charge < -0.3 is 20.0 Å². The van der Waals surface area contributed by atoms with Crippen LogP contribution < -0.4 is 15.5 Å². The van der Waals surface area contributed by atoms with Crippen LogP contribution in [0.1, 0.15) is 18.7 Å². The molecule has 0 bridgehead atoms. The number of anilines is 1. The molecule has 1 aliphatic heterocycles. The van der Waals surface area contributed by atoms with E-state index in [4.69, 9.17) is 4.42 Å². The Bertz CT molecular complexity index is 789. The molecule has 0 spiro atoms. The third-order valence-electron chi connectivity index (χ3n) is 4.82. The van der Waals surface area contributed by atoms with E-state index in [1.165, 1.54) is 6.07 Å². The lowest BCUT2D eigenvalue weighted by Crippen LogP contribution is -2.51. The van der Waals surface area contributed by atoms with Crippen molar-refractivity contribution in [2.45, 2.75) is 13.0 Å². The molecule has 0 radical (unpaired) electrons. The Morgan fingerprint density at radius 2 is 1.79 bits per heavy atom. The molecular weight excluding hydrogens is 363 g/mol. The quantitative estimate of drug-likeness (QED) is 0.734. The maximum absolute atomic E-state index is 14.0. The fourth-order valence-corrected chi connectivity index (χ4v) is 3.38. The second-order valence-electron chi connectivity index (χ2n) is 6.58. The number of furan rings is 1. The van der Waals surface area contributed by atoms with Crippen molar-refractivity contribution in [1.29, 1.82) is 0 Å². The maximum atomic E-state index is 14.0. The van der Waals surface area contributed by atoms with E-state index in [0.29, 0.717) is 38.4 Å². The van der Waals surface area contributed by atoms with Gasteiger partial charge in [-0.1, -0.05) is 12.1 Å². The lowest BCUT2D eigenvalue weighted by atomic mass is 10.1. The highest BCUT2D eigenvalue weighted by Crippen LogP contribution is 2.25. The smallest absolute Gasteiger partial charge is 0.309 e. The van der Waals surface area contributed by atoms with Gasteiger partial charge >= 0.3 is 11.8 Å². The van der Waals surface area contributed by atoms with Gasteiger partial charge in [0.2, 0.25) is 0 Å². The summed E-state index contributed by atoms with van der Waals surface area (Å²) in [6, 6.07) is 10.2. The van der Waals surface area contributed by atoms with Crippen LogP contribution in [0.15, 0.2) is 47.1 Å². The van der Waals surface area contributed by atoms with Crippen molar-refractivity contribution in [3.63, 3.8) is 0 Å². The van der Waals surface area contributed by atoms with Crippen molar-refractivity contribution in [3.05, 3.63) is 54.2 Å². The number of amides is 2. The largest absolute Gasteiger partial charge is 0.468 e. The first kappa shape index (κ1) is 19.9. The third kappa shape index (κ3) is 4.69. The molecule has 3 rings (SSSR count). The summed E-state index contributed by atoms with van der Waals surface area (Å²) < 4.78 is 19.6. The normalized spacial score (nSPS) is 15.9. The Balaban J connectivity index is 1.63. The van der Waals surface area contributed by atoms with Crippen LogP contribution in [0.4, 0.5) is 10.1 Å². The van der Waals surface area contributed by atoms with Crippen molar-refractivity contribution in [1.82, 2.24) is 15.5 Å². The summed E-state index contributed by atoms with van der Waals surface area (Å²) >= 11 is 0. The van der Waals surface area contributed by atoms with Gasteiger partial charge in [0.1, 0.15) is 11.6 Å². The summed E-state index contributed by atoms with van der Waals surface area (Å²) in [7, 11) is 0. The number of carbonyl (C=O) groups excluding carboxylic acids is 2. The van der Waals surface area contributed by atoms with E-state index in [2.05, 4.69) is 15.5 Å². The molecule has 2 heterocycles. The van der Waals surface area contributed by atoms with Crippen molar-refractivity contribution in [2.24, 2.45) is 0 Å². The third-order valence-corrected chi connectivity index (χ3v) is 4.82. The van der Waals surface area contributed by atoms with Crippen LogP contribution in [-0.4, -0.2) is 56.0 Å². The van der Waals surface area contributed by atoms with Crippen LogP contribution in [0, 0.1) is 5.82 Å². The molecule has 28 heavy (non-hydrogen) atoms. The van der Waals surface area contributed by atoms with Gasteiger partial charge in [0.25, 0.3) is 0 Å². The van der Waals surface area contributed by atoms with Crippen LogP contribution in [0.3, 0.4) is 0 Å². The van der Waals surface area contributed by atoms with Gasteiger partial charge in [0, 0.05) is 39.3 Å². The predicted molar refractivity (Wildman–Crippen MR) is 103 cm³/mol. The van der Waals surface area contributed by atoms with Crippen molar-refractivity contribution >= 4 is 17.5 Å². The van der Waals surface area contributed by atoms with Crippen LogP contribution >= 0.6 is 0 Å². The topological polar surface area (TPSA) is 77.8 Å². The Hall–Kier alpha value is -2.87. The summed E-state index contributed by atoms with van der Waals surface area (Å²) in [5.74, 6) is -0.822. The summed E-state index contributed by atoms with van der Waals surface area (Å²) in [6.45, 7) is 5.07. The molecule has 8 heteroatoms. The molecule has 1 aromatic heterocycles. The highest BCUT2D eigenvalue weighted by molar-refractivity contribution is 6.35. The lowest BCUT2D eigenvalue weighted by molar-refractivity contribution is -0.139. The molecule has 7 nitrogen and oxygen atoms in total. The number of hydrogen-bond donors (Lipinski definition) is 2. The van der Waals surface area contributed by atoms with Gasteiger partial charge in [-0.2, -0.15) is 0 Å². The number of likely N-dealkylation sites (N-methyl/N-ethyl adjacent to an activating group) is 1. The average molecular weight is 388 g/mol. The molecule has 1 aromatic carbocycles. The molecule has 150 valence electrons. The minimum atomic E-state index is -0.664. The molecule has 0 saturated carbocycles. The lowest BCUT2D eigenvalue weighted by Gasteiger charge is -2.39. The van der Waals surface area contributed by atoms with E-state index in [-0.39, 0.29) is 18.4 Å². The van der Waals surface area contributed by atoms with E-state index >= 15 is 0 Å². The molecule has 2 N–H and O–H groups in total. The van der Waals surface area contributed by atoms with Crippen molar-refractivity contribution in [3.8, 4) is 0 Å². The molecule has 0 aliphatic carbocycles. The van der Waals surface area contributed by atoms with Gasteiger partial charge in [-0.15, -0.1) is 0 Å². The standard InChI is InChI=1S/C20H25FN4O3/c1-2-22-19(26)20(27)23-14-17(18-8-5-13-28-18)25-11-9-24(10-12-25)16-7-4-3-6-15(16)21/h3-8,13,17H,2,9-12,14H2,1H3,(H,22,26)(H,23,27)/t17-/m0/s1. The predicted octanol–water partition coefficient (Wildman–Crippen LogP) is 1.53. The van der Waals surface area contributed by atoms with Crippen molar-refractivity contribution < 1.29 is 18.4 Å². The summed E-state index contributed by atoms with van der Waals surface area (Å²) in [4.78, 5) is 27.8. The first-order valence-corrected chi connectivity index (χ1v) is 9.43. The first-order chi connectivity index (χ1) is 13.6. The van der Waals surface area contributed by atoms with Gasteiger partial charge in [-0.3, -0.25) is 14.5 Å². The monoisotopic (exact) mass is 388 g/mol. The number of para-hydroxylation sites is 1. The molecule has 0 unspecified atom stereocenters. The SMILES string of the molecule is CCNC(=O)C(=O)NC[C@@H](c1ccco1)N1CCN(c2ccccc2F)CC1. The Labute approximate surface area is 163 Å². The van der Waals surface area contributed by atoms with Crippen LogP contribution in [0.2, 0.25) is 0 Å². The molecule has 1 fully saturated rings. The molecule has 1 atom stereocenters. The molecule has 1 saturated heterocycles. The number of rotatable bonds is 6. The molecular formula is C20H25FN4O3. The Morgan fingerprint density at radius 3 is 2.43 bits per heavy atom. The summed E-state index contributed by atoms with van der Waals surface area (Å²) in [5.41, 5.74) is 0.598. The van der Waals surface area contributed by atoms with E-state index in [1.54, 1.807) is 31.4 Å². The fourth-order valence-electron chi connectivity index (χ4n) is 3.38. The zero-order valence-electron chi connectivity index (χ0n) is 15.9. The van der Waals surface area contributed by atoms with Gasteiger partial charge in [0.05, 0.1) is 18.0 Å². The molecule has 2 aromatic rings.